The van der Waals surface area contributed by atoms with Crippen molar-refractivity contribution >= 4 is 64.2 Å². The van der Waals surface area contributed by atoms with E-state index >= 15 is 0 Å². The normalized spacial score (nSPS) is 15.5. The monoisotopic (exact) mass is 842 g/mol. The molecule has 0 aliphatic heterocycles. The highest BCUT2D eigenvalue weighted by atomic mass is 32.1. The minimum absolute atomic E-state index is 0.163. The van der Waals surface area contributed by atoms with Crippen LogP contribution in [0.25, 0.3) is 97.4 Å². The van der Waals surface area contributed by atoms with Crippen LogP contribution < -0.4 is 10.4 Å². The topological polar surface area (TPSA) is 0 Å². The predicted octanol–water partition coefficient (Wildman–Crippen LogP) is 15.8. The first-order valence-corrected chi connectivity index (χ1v) is 23.5. The van der Waals surface area contributed by atoms with E-state index in [4.69, 9.17) is 0 Å². The van der Waals surface area contributed by atoms with Gasteiger partial charge in [0.05, 0.1) is 0 Å². The Morgan fingerprint density at radius 3 is 1.34 bits per heavy atom. The molecule has 65 heavy (non-hydrogen) atoms. The average molecular weight is 843 g/mol. The quantitative estimate of drug-likeness (QED) is 0.146. The third-order valence-electron chi connectivity index (χ3n) is 13.8. The number of hydrogen-bond donors (Lipinski definition) is 0. The van der Waals surface area contributed by atoms with Crippen LogP contribution in [0.1, 0.15) is 11.1 Å². The van der Waals surface area contributed by atoms with Crippen LogP contribution in [0.5, 0.6) is 0 Å². The maximum atomic E-state index is 2.46. The van der Waals surface area contributed by atoms with E-state index < -0.39 is 0 Å². The Morgan fingerprint density at radius 1 is 0.292 bits per heavy atom. The molecule has 11 aromatic rings. The third-order valence-corrected chi connectivity index (χ3v) is 15.0. The van der Waals surface area contributed by atoms with E-state index in [0.29, 0.717) is 0 Å². The van der Waals surface area contributed by atoms with Crippen LogP contribution in [0.3, 0.4) is 0 Å². The molecule has 2 aliphatic rings. The molecule has 2 atom stereocenters. The molecule has 0 fully saturated rings. The molecule has 10 aromatic carbocycles. The molecule has 1 heterocycles. The van der Waals surface area contributed by atoms with Crippen molar-refractivity contribution in [1.29, 1.82) is 0 Å². The Balaban J connectivity index is 1.04. The summed E-state index contributed by atoms with van der Waals surface area (Å²) in [4.78, 5) is 0. The van der Waals surface area contributed by atoms with Crippen molar-refractivity contribution < 1.29 is 0 Å². The molecule has 0 saturated carbocycles. The van der Waals surface area contributed by atoms with Gasteiger partial charge in [0.1, 0.15) is 0 Å². The van der Waals surface area contributed by atoms with Crippen LogP contribution in [0, 0.1) is 11.8 Å². The largest absolute Gasteiger partial charge is 0.135 e. The molecule has 0 radical (unpaired) electrons. The lowest BCUT2D eigenvalue weighted by Crippen LogP contribution is -2.40. The number of allylic oxidation sites excluding steroid dienone is 4. The molecule has 2 aliphatic carbocycles. The number of thiophene rings is 1. The molecule has 304 valence electrons. The lowest BCUT2D eigenvalue weighted by atomic mass is 9.69. The van der Waals surface area contributed by atoms with Gasteiger partial charge in [-0.15, -0.1) is 11.3 Å². The first-order valence-electron chi connectivity index (χ1n) is 22.7. The standard InChI is InChI=1S/C64H42S/c1-4-19-41(20-5-1)45-37-46(42-21-6-2-7-22-42)39-47(38-45)62-53-29-14-16-31-55(53)63(56-32-17-15-30-54(56)62)58-34-18-33-57-48-36-35-44(40-59(48)65-64(57)58)61-51-27-12-10-25-49(51)60(43-23-8-3-9-24-43)50-26-11-13-28-52(50)61/h1-40,53,55H. The Bertz CT molecular complexity index is 3750. The van der Waals surface area contributed by atoms with Crippen LogP contribution in [0.2, 0.25) is 0 Å². The zero-order valence-corrected chi connectivity index (χ0v) is 36.5. The van der Waals surface area contributed by atoms with Crippen molar-refractivity contribution in [2.24, 2.45) is 11.8 Å². The van der Waals surface area contributed by atoms with Crippen LogP contribution in [-0.2, 0) is 0 Å². The molecular formula is C64H42S. The number of fused-ring (bicyclic) bond motifs is 7. The minimum atomic E-state index is 0.163. The highest BCUT2D eigenvalue weighted by molar-refractivity contribution is 7.26. The molecule has 0 amide bonds. The highest BCUT2D eigenvalue weighted by Gasteiger charge is 2.33. The van der Waals surface area contributed by atoms with E-state index in [0.717, 1.165) is 0 Å². The molecule has 13 rings (SSSR count). The second kappa shape index (κ2) is 15.5. The van der Waals surface area contributed by atoms with Crippen molar-refractivity contribution in [3.8, 4) is 44.5 Å². The summed E-state index contributed by atoms with van der Waals surface area (Å²) in [6, 6.07) is 81.1. The summed E-state index contributed by atoms with van der Waals surface area (Å²) in [5.74, 6) is 0.328. The summed E-state index contributed by atoms with van der Waals surface area (Å²) in [5.41, 5.74) is 15.4. The van der Waals surface area contributed by atoms with E-state index in [1.807, 2.05) is 11.3 Å². The number of benzene rings is 10. The van der Waals surface area contributed by atoms with Gasteiger partial charge < -0.3 is 0 Å². The predicted molar refractivity (Wildman–Crippen MR) is 279 cm³/mol. The zero-order chi connectivity index (χ0) is 42.8. The van der Waals surface area contributed by atoms with Crippen molar-refractivity contribution in [3.05, 3.63) is 264 Å². The maximum absolute atomic E-state index is 2.46. The van der Waals surface area contributed by atoms with Gasteiger partial charge in [-0.3, -0.25) is 0 Å². The van der Waals surface area contributed by atoms with Gasteiger partial charge in [0, 0.05) is 32.0 Å². The van der Waals surface area contributed by atoms with Crippen LogP contribution in [0.15, 0.2) is 243 Å². The number of hydrogen-bond acceptors (Lipinski definition) is 1. The van der Waals surface area contributed by atoms with Gasteiger partial charge >= 0.3 is 0 Å². The second-order valence-corrected chi connectivity index (χ2v) is 18.5. The third kappa shape index (κ3) is 6.19. The van der Waals surface area contributed by atoms with Gasteiger partial charge in [0.2, 0.25) is 0 Å². The Kier molecular flexibility index (Phi) is 8.96. The van der Waals surface area contributed by atoms with Gasteiger partial charge in [-0.25, -0.2) is 0 Å². The average Bonchev–Trinajstić information content (AvgIpc) is 3.76. The van der Waals surface area contributed by atoms with Gasteiger partial charge in [-0.05, 0) is 123 Å². The van der Waals surface area contributed by atoms with E-state index in [-0.39, 0.29) is 11.8 Å². The SMILES string of the molecule is C1=CC2C(c3cc(-c4ccccc4)cc(-c4ccccc4)c3)=c3ccccc3=C(c3cccc4c3sc3cc(-c5c6ccccc6c(-c6ccccc6)c6ccccc56)ccc34)C2C=C1. The molecule has 0 nitrogen and oxygen atoms in total. The first-order chi connectivity index (χ1) is 32.3. The van der Waals surface area contributed by atoms with Gasteiger partial charge in [-0.2, -0.15) is 0 Å². The lowest BCUT2D eigenvalue weighted by Gasteiger charge is -2.34. The molecular weight excluding hydrogens is 801 g/mol. The van der Waals surface area contributed by atoms with Crippen molar-refractivity contribution in [3.63, 3.8) is 0 Å². The van der Waals surface area contributed by atoms with E-state index in [2.05, 4.69) is 243 Å². The summed E-state index contributed by atoms with van der Waals surface area (Å²) in [7, 11) is 0. The smallest absolute Gasteiger partial charge is 0.0431 e. The van der Waals surface area contributed by atoms with Crippen molar-refractivity contribution in [2.75, 3.05) is 0 Å². The fourth-order valence-corrected chi connectivity index (χ4v) is 12.3. The molecule has 0 saturated heterocycles. The minimum Gasteiger partial charge on any atom is -0.135 e. The van der Waals surface area contributed by atoms with Crippen LogP contribution in [-0.4, -0.2) is 0 Å². The molecule has 0 bridgehead atoms. The fourth-order valence-electron chi connectivity index (χ4n) is 11.0. The van der Waals surface area contributed by atoms with E-state index in [9.17, 15) is 0 Å². The van der Waals surface area contributed by atoms with Crippen LogP contribution >= 0.6 is 11.3 Å². The maximum Gasteiger partial charge on any atom is 0.0431 e. The van der Waals surface area contributed by atoms with E-state index in [1.54, 1.807) is 0 Å². The Hall–Kier alpha value is -7.84. The molecule has 0 N–H and O–H groups in total. The fraction of sp³-hybridized carbons (Fsp3) is 0.0312. The Labute approximate surface area is 382 Å². The van der Waals surface area contributed by atoms with Gasteiger partial charge in [0.15, 0.2) is 0 Å². The second-order valence-electron chi connectivity index (χ2n) is 17.4. The molecule has 1 aromatic heterocycles. The summed E-state index contributed by atoms with van der Waals surface area (Å²) in [6.07, 6.45) is 9.42. The zero-order valence-electron chi connectivity index (χ0n) is 35.7. The summed E-state index contributed by atoms with van der Waals surface area (Å²) >= 11 is 1.94. The van der Waals surface area contributed by atoms with Gasteiger partial charge in [0.25, 0.3) is 0 Å². The molecule has 2 unspecified atom stereocenters. The molecule has 1 heteroatoms. The van der Waals surface area contributed by atoms with Crippen molar-refractivity contribution in [2.45, 2.75) is 0 Å². The van der Waals surface area contributed by atoms with E-state index in [1.165, 1.54) is 119 Å². The van der Waals surface area contributed by atoms with Crippen LogP contribution in [0.4, 0.5) is 0 Å². The Morgan fingerprint density at radius 2 is 0.754 bits per heavy atom. The summed E-state index contributed by atoms with van der Waals surface area (Å²) in [6.45, 7) is 0. The lowest BCUT2D eigenvalue weighted by molar-refractivity contribution is 0.687. The summed E-state index contributed by atoms with van der Waals surface area (Å²) < 4.78 is 2.66. The van der Waals surface area contributed by atoms with Gasteiger partial charge in [-0.1, -0.05) is 218 Å². The number of rotatable bonds is 6. The van der Waals surface area contributed by atoms with Crippen molar-refractivity contribution in [1.82, 2.24) is 0 Å². The first kappa shape index (κ1) is 37.7. The molecule has 0 spiro atoms. The highest BCUT2D eigenvalue weighted by Crippen LogP contribution is 2.48. The summed E-state index contributed by atoms with van der Waals surface area (Å²) in [5, 5.41) is 10.4.